The van der Waals surface area contributed by atoms with Crippen LogP contribution in [0.25, 0.3) is 11.3 Å². The van der Waals surface area contributed by atoms with Crippen molar-refractivity contribution in [1.82, 2.24) is 15.5 Å². The molecule has 2 amide bonds. The van der Waals surface area contributed by atoms with E-state index in [-0.39, 0.29) is 17.4 Å². The molecule has 0 aliphatic heterocycles. The third-order valence-electron chi connectivity index (χ3n) is 4.54. The van der Waals surface area contributed by atoms with Gasteiger partial charge in [-0.1, -0.05) is 37.6 Å². The van der Waals surface area contributed by atoms with Gasteiger partial charge in [0.1, 0.15) is 6.04 Å². The molecule has 1 atom stereocenters. The van der Waals surface area contributed by atoms with Crippen LogP contribution in [-0.2, 0) is 4.79 Å². The van der Waals surface area contributed by atoms with E-state index in [1.165, 1.54) is 12.1 Å². The molecule has 3 aromatic rings. The fourth-order valence-electron chi connectivity index (χ4n) is 2.89. The summed E-state index contributed by atoms with van der Waals surface area (Å²) in [6.45, 7) is 3.62. The second kappa shape index (κ2) is 9.40. The number of anilines is 1. The van der Waals surface area contributed by atoms with Crippen molar-refractivity contribution in [2.45, 2.75) is 19.9 Å². The first kappa shape index (κ1) is 22.0. The number of nitrogens with one attached hydrogen (secondary N) is 3. The quantitative estimate of drug-likeness (QED) is 0.376. The van der Waals surface area contributed by atoms with Gasteiger partial charge in [-0.15, -0.1) is 0 Å². The number of nitrogens with zero attached hydrogens (tertiary/aromatic N) is 2. The van der Waals surface area contributed by atoms with Crippen molar-refractivity contribution in [2.75, 3.05) is 5.32 Å². The summed E-state index contributed by atoms with van der Waals surface area (Å²) < 4.78 is 0. The molecule has 31 heavy (non-hydrogen) atoms. The minimum absolute atomic E-state index is 0.0533. The number of H-pyrrole nitrogens is 1. The molecule has 1 aromatic heterocycles. The summed E-state index contributed by atoms with van der Waals surface area (Å²) in [6, 6.07) is 13.2. The molecule has 10 heteroatoms. The minimum atomic E-state index is -0.804. The Balaban J connectivity index is 1.71. The zero-order chi connectivity index (χ0) is 22.5. The molecule has 0 bridgehead atoms. The molecule has 0 aliphatic rings. The van der Waals surface area contributed by atoms with Crippen LogP contribution in [0.4, 0.5) is 11.5 Å². The predicted molar refractivity (Wildman–Crippen MR) is 117 cm³/mol. The standard InChI is InChI=1S/C21H20ClN5O4/c1-12(2)19(24-20(28)13-6-8-15(22)9-7-13)21(29)23-18-11-17(25-26-18)14-4-3-5-16(10-14)27(30)31/h3-12,19H,1-2H3,(H,24,28)(H2,23,25,26,29). The highest BCUT2D eigenvalue weighted by atomic mass is 35.5. The maximum Gasteiger partial charge on any atom is 0.270 e. The second-order valence-corrected chi connectivity index (χ2v) is 7.60. The SMILES string of the molecule is CC(C)C(NC(=O)c1ccc(Cl)cc1)C(=O)Nc1cc(-c2cccc([N+](=O)[O-])c2)[nH]n1. The summed E-state index contributed by atoms with van der Waals surface area (Å²) >= 11 is 5.84. The maximum atomic E-state index is 12.8. The number of non-ortho nitro benzene ring substituents is 1. The van der Waals surface area contributed by atoms with Gasteiger partial charge in [-0.25, -0.2) is 0 Å². The number of carbonyl (C=O) groups excluding carboxylic acids is 2. The van der Waals surface area contributed by atoms with Crippen molar-refractivity contribution < 1.29 is 14.5 Å². The van der Waals surface area contributed by atoms with Gasteiger partial charge >= 0.3 is 0 Å². The lowest BCUT2D eigenvalue weighted by Gasteiger charge is -2.21. The third kappa shape index (κ3) is 5.46. The lowest BCUT2D eigenvalue weighted by Crippen LogP contribution is -2.47. The normalized spacial score (nSPS) is 11.7. The van der Waals surface area contributed by atoms with Crippen LogP contribution in [0.2, 0.25) is 5.02 Å². The molecule has 3 N–H and O–H groups in total. The number of halogens is 1. The molecule has 0 spiro atoms. The summed E-state index contributed by atoms with van der Waals surface area (Å²) in [5.41, 5.74) is 1.39. The fraction of sp³-hybridized carbons (Fsp3) is 0.190. The number of nitro benzene ring substituents is 1. The first-order valence-electron chi connectivity index (χ1n) is 9.42. The predicted octanol–water partition coefficient (Wildman–Crippen LogP) is 4.03. The lowest BCUT2D eigenvalue weighted by molar-refractivity contribution is -0.384. The van der Waals surface area contributed by atoms with Crippen LogP contribution < -0.4 is 10.6 Å². The van der Waals surface area contributed by atoms with Crippen molar-refractivity contribution in [2.24, 2.45) is 5.92 Å². The van der Waals surface area contributed by atoms with E-state index >= 15 is 0 Å². The molecule has 1 heterocycles. The Kier molecular flexibility index (Phi) is 6.66. The Morgan fingerprint density at radius 3 is 2.48 bits per heavy atom. The van der Waals surface area contributed by atoms with Crippen LogP contribution in [0.3, 0.4) is 0 Å². The summed E-state index contributed by atoms with van der Waals surface area (Å²) in [4.78, 5) is 35.7. The van der Waals surface area contributed by atoms with Crippen molar-refractivity contribution >= 4 is 34.9 Å². The van der Waals surface area contributed by atoms with Gasteiger partial charge in [0.05, 0.1) is 10.6 Å². The van der Waals surface area contributed by atoms with Gasteiger partial charge in [0.2, 0.25) is 5.91 Å². The van der Waals surface area contributed by atoms with Crippen molar-refractivity contribution in [3.8, 4) is 11.3 Å². The minimum Gasteiger partial charge on any atom is -0.340 e. The summed E-state index contributed by atoms with van der Waals surface area (Å²) in [7, 11) is 0. The fourth-order valence-corrected chi connectivity index (χ4v) is 3.01. The number of rotatable bonds is 7. The first-order valence-corrected chi connectivity index (χ1v) is 9.80. The highest BCUT2D eigenvalue weighted by Gasteiger charge is 2.25. The van der Waals surface area contributed by atoms with E-state index in [4.69, 9.17) is 11.6 Å². The summed E-state index contributed by atoms with van der Waals surface area (Å²) in [5, 5.41) is 23.6. The zero-order valence-corrected chi connectivity index (χ0v) is 17.5. The molecular formula is C21H20ClN5O4. The molecule has 0 radical (unpaired) electrons. The first-order chi connectivity index (χ1) is 14.7. The number of amides is 2. The molecule has 0 saturated heterocycles. The maximum absolute atomic E-state index is 12.8. The Morgan fingerprint density at radius 2 is 1.84 bits per heavy atom. The van der Waals surface area contributed by atoms with Gasteiger partial charge in [0.25, 0.3) is 11.6 Å². The van der Waals surface area contributed by atoms with E-state index in [0.29, 0.717) is 21.8 Å². The molecule has 0 saturated carbocycles. The van der Waals surface area contributed by atoms with Crippen LogP contribution in [0, 0.1) is 16.0 Å². The molecular weight excluding hydrogens is 422 g/mol. The van der Waals surface area contributed by atoms with Crippen LogP contribution in [-0.4, -0.2) is 33.0 Å². The van der Waals surface area contributed by atoms with E-state index < -0.39 is 22.8 Å². The summed E-state index contributed by atoms with van der Waals surface area (Å²) in [6.07, 6.45) is 0. The molecule has 0 fully saturated rings. The van der Waals surface area contributed by atoms with Gasteiger partial charge < -0.3 is 10.6 Å². The number of aromatic amines is 1. The smallest absolute Gasteiger partial charge is 0.270 e. The third-order valence-corrected chi connectivity index (χ3v) is 4.79. The van der Waals surface area contributed by atoms with Crippen molar-refractivity contribution in [3.63, 3.8) is 0 Å². The molecule has 160 valence electrons. The van der Waals surface area contributed by atoms with Crippen LogP contribution in [0.1, 0.15) is 24.2 Å². The van der Waals surface area contributed by atoms with Crippen LogP contribution in [0.15, 0.2) is 54.6 Å². The Morgan fingerprint density at radius 1 is 1.13 bits per heavy atom. The van der Waals surface area contributed by atoms with Gasteiger partial charge in [0.15, 0.2) is 5.82 Å². The Bertz CT molecular complexity index is 1110. The van der Waals surface area contributed by atoms with Gasteiger partial charge in [-0.2, -0.15) is 5.10 Å². The number of benzene rings is 2. The molecule has 0 aliphatic carbocycles. The topological polar surface area (TPSA) is 130 Å². The number of hydrogen-bond acceptors (Lipinski definition) is 5. The number of aromatic nitrogens is 2. The van der Waals surface area contributed by atoms with E-state index in [2.05, 4.69) is 20.8 Å². The highest BCUT2D eigenvalue weighted by Crippen LogP contribution is 2.24. The molecule has 2 aromatic carbocycles. The molecule has 1 unspecified atom stereocenters. The highest BCUT2D eigenvalue weighted by molar-refractivity contribution is 6.30. The number of nitro groups is 1. The zero-order valence-electron chi connectivity index (χ0n) is 16.8. The van der Waals surface area contributed by atoms with E-state index in [1.54, 1.807) is 42.5 Å². The van der Waals surface area contributed by atoms with Gasteiger partial charge in [-0.3, -0.25) is 24.8 Å². The average Bonchev–Trinajstić information content (AvgIpc) is 3.20. The number of carbonyl (C=O) groups is 2. The number of hydrogen-bond donors (Lipinski definition) is 3. The Labute approximate surface area is 183 Å². The van der Waals surface area contributed by atoms with Crippen LogP contribution in [0.5, 0.6) is 0 Å². The van der Waals surface area contributed by atoms with Gasteiger partial charge in [-0.05, 0) is 30.2 Å². The van der Waals surface area contributed by atoms with E-state index in [0.717, 1.165) is 0 Å². The van der Waals surface area contributed by atoms with Gasteiger partial charge in [0, 0.05) is 34.3 Å². The van der Waals surface area contributed by atoms with Crippen molar-refractivity contribution in [3.05, 3.63) is 75.3 Å². The Hall–Kier alpha value is -3.72. The monoisotopic (exact) mass is 441 g/mol. The average molecular weight is 442 g/mol. The lowest BCUT2D eigenvalue weighted by atomic mass is 10.0. The summed E-state index contributed by atoms with van der Waals surface area (Å²) in [5.74, 6) is -0.788. The molecule has 3 rings (SSSR count). The van der Waals surface area contributed by atoms with E-state index in [1.807, 2.05) is 13.8 Å². The van der Waals surface area contributed by atoms with E-state index in [9.17, 15) is 19.7 Å². The molecule has 9 nitrogen and oxygen atoms in total. The van der Waals surface area contributed by atoms with Crippen LogP contribution >= 0.6 is 11.6 Å². The second-order valence-electron chi connectivity index (χ2n) is 7.17. The largest absolute Gasteiger partial charge is 0.340 e. The van der Waals surface area contributed by atoms with Crippen molar-refractivity contribution in [1.29, 1.82) is 0 Å².